The van der Waals surface area contributed by atoms with Gasteiger partial charge in [0.1, 0.15) is 5.75 Å². The molecule has 0 aromatic heterocycles. The second kappa shape index (κ2) is 9.02. The molecule has 196 valence electrons. The number of hydrogen-bond acceptors (Lipinski definition) is 5. The van der Waals surface area contributed by atoms with Crippen LogP contribution in [0.3, 0.4) is 0 Å². The summed E-state index contributed by atoms with van der Waals surface area (Å²) in [6.45, 7) is 0. The monoisotopic (exact) mass is 528 g/mol. The van der Waals surface area contributed by atoms with Gasteiger partial charge in [0.2, 0.25) is 0 Å². The molecule has 0 spiro atoms. The van der Waals surface area contributed by atoms with Gasteiger partial charge in [0.25, 0.3) is 11.8 Å². The van der Waals surface area contributed by atoms with E-state index in [1.165, 1.54) is 23.8 Å². The van der Waals surface area contributed by atoms with Crippen LogP contribution in [0.4, 0.5) is 11.4 Å². The second-order valence-electron chi connectivity index (χ2n) is 10.3. The summed E-state index contributed by atoms with van der Waals surface area (Å²) in [6, 6.07) is 25.9. The van der Waals surface area contributed by atoms with E-state index in [-0.39, 0.29) is 22.6 Å². The zero-order valence-corrected chi connectivity index (χ0v) is 21.6. The van der Waals surface area contributed by atoms with Crippen LogP contribution in [0.1, 0.15) is 61.0 Å². The Balaban J connectivity index is 1.32. The summed E-state index contributed by atoms with van der Waals surface area (Å²) < 4.78 is 5.73. The predicted octanol–water partition coefficient (Wildman–Crippen LogP) is 6.49. The molecular formula is C33H24N2O5. The van der Waals surface area contributed by atoms with Crippen LogP contribution in [0, 0.1) is 5.92 Å². The number of benzene rings is 4. The molecule has 4 aromatic carbocycles. The van der Waals surface area contributed by atoms with E-state index >= 15 is 0 Å². The highest BCUT2D eigenvalue weighted by atomic mass is 16.5. The van der Waals surface area contributed by atoms with E-state index in [1.807, 2.05) is 18.2 Å². The third-order valence-electron chi connectivity index (χ3n) is 8.25. The number of rotatable bonds is 5. The van der Waals surface area contributed by atoms with Crippen LogP contribution in [-0.2, 0) is 0 Å². The van der Waals surface area contributed by atoms with Crippen molar-refractivity contribution >= 4 is 34.9 Å². The number of ether oxygens (including phenoxy) is 1. The molecule has 0 saturated heterocycles. The largest absolute Gasteiger partial charge is 0.496 e. The van der Waals surface area contributed by atoms with Crippen molar-refractivity contribution < 1.29 is 24.2 Å². The molecule has 2 aliphatic heterocycles. The summed E-state index contributed by atoms with van der Waals surface area (Å²) >= 11 is 0. The van der Waals surface area contributed by atoms with Crippen molar-refractivity contribution in [2.24, 2.45) is 10.9 Å². The predicted molar refractivity (Wildman–Crippen MR) is 151 cm³/mol. The Morgan fingerprint density at radius 3 is 2.33 bits per heavy atom. The van der Waals surface area contributed by atoms with Gasteiger partial charge < -0.3 is 9.84 Å². The number of methoxy groups -OCH3 is 1. The molecule has 2 atom stereocenters. The van der Waals surface area contributed by atoms with Gasteiger partial charge in [-0.05, 0) is 77.9 Å². The Hall–Kier alpha value is -5.04. The molecule has 2 unspecified atom stereocenters. The van der Waals surface area contributed by atoms with Crippen LogP contribution < -0.4 is 9.64 Å². The number of carboxylic acids is 1. The van der Waals surface area contributed by atoms with Crippen LogP contribution >= 0.6 is 0 Å². The zero-order valence-electron chi connectivity index (χ0n) is 21.6. The number of carbonyl (C=O) groups excluding carboxylic acids is 2. The quantitative estimate of drug-likeness (QED) is 0.299. The summed E-state index contributed by atoms with van der Waals surface area (Å²) in [5.41, 5.74) is 6.62. The first-order valence-electron chi connectivity index (χ1n) is 13.2. The van der Waals surface area contributed by atoms with Gasteiger partial charge in [0.15, 0.2) is 0 Å². The van der Waals surface area contributed by atoms with E-state index in [1.54, 1.807) is 25.3 Å². The average Bonchev–Trinajstić information content (AvgIpc) is 3.21. The molecule has 1 saturated carbocycles. The van der Waals surface area contributed by atoms with Crippen molar-refractivity contribution in [1.82, 2.24) is 0 Å². The van der Waals surface area contributed by atoms with Gasteiger partial charge in [0.05, 0.1) is 40.9 Å². The molecule has 0 bridgehead atoms. The number of fused-ring (bicyclic) bond motifs is 4. The Labute approximate surface area is 230 Å². The van der Waals surface area contributed by atoms with Crippen molar-refractivity contribution in [2.45, 2.75) is 18.8 Å². The minimum atomic E-state index is -1.16. The fraction of sp³-hybridized carbons (Fsp3) is 0.152. The first-order valence-corrected chi connectivity index (χ1v) is 13.2. The number of carboxylic acid groups (broad SMARTS) is 1. The lowest BCUT2D eigenvalue weighted by Gasteiger charge is -2.42. The van der Waals surface area contributed by atoms with E-state index in [0.29, 0.717) is 17.4 Å². The maximum Gasteiger partial charge on any atom is 0.335 e. The van der Waals surface area contributed by atoms with Gasteiger partial charge in [-0.1, -0.05) is 42.5 Å². The van der Waals surface area contributed by atoms with Crippen LogP contribution in [0.5, 0.6) is 5.75 Å². The first-order chi connectivity index (χ1) is 19.4. The van der Waals surface area contributed by atoms with E-state index < -0.39 is 17.8 Å². The highest BCUT2D eigenvalue weighted by molar-refractivity contribution is 6.35. The highest BCUT2D eigenvalue weighted by Crippen LogP contribution is 2.52. The van der Waals surface area contributed by atoms with E-state index in [0.717, 1.165) is 45.8 Å². The fourth-order valence-corrected chi connectivity index (χ4v) is 6.08. The third kappa shape index (κ3) is 3.58. The number of nitrogens with zero attached hydrogens (tertiary/aromatic N) is 2. The molecule has 2 heterocycles. The lowest BCUT2D eigenvalue weighted by Crippen LogP contribution is -2.35. The standard InChI is InChI=1S/C33H24N2O5/c1-40-29-14-9-21(35-31(36)25-11-8-20(33(38)39)15-26(25)32(35)37)17-27(29)30-24-13-12-22(24)23-10-7-19(16-28(23)34-30)18-5-3-2-4-6-18/h2-11,14-17,22,24H,12-13H2,1H3,(H,38,39). The van der Waals surface area contributed by atoms with Gasteiger partial charge >= 0.3 is 5.97 Å². The van der Waals surface area contributed by atoms with Crippen molar-refractivity contribution in [3.8, 4) is 16.9 Å². The summed E-state index contributed by atoms with van der Waals surface area (Å²) in [5.74, 6) is -1.04. The van der Waals surface area contributed by atoms with E-state index in [2.05, 4.69) is 30.3 Å². The average molecular weight is 529 g/mol. The summed E-state index contributed by atoms with van der Waals surface area (Å²) in [5, 5.41) is 9.36. The minimum absolute atomic E-state index is 0.0432. The Morgan fingerprint density at radius 1 is 0.825 bits per heavy atom. The van der Waals surface area contributed by atoms with Crippen molar-refractivity contribution in [2.75, 3.05) is 12.0 Å². The molecule has 7 nitrogen and oxygen atoms in total. The Morgan fingerprint density at radius 2 is 1.60 bits per heavy atom. The fourth-order valence-electron chi connectivity index (χ4n) is 6.08. The number of imide groups is 1. The molecule has 1 aliphatic carbocycles. The van der Waals surface area contributed by atoms with Crippen molar-refractivity contribution in [1.29, 1.82) is 0 Å². The van der Waals surface area contributed by atoms with Gasteiger partial charge in [-0.15, -0.1) is 0 Å². The van der Waals surface area contributed by atoms with Crippen LogP contribution in [0.2, 0.25) is 0 Å². The smallest absolute Gasteiger partial charge is 0.335 e. The number of hydrogen-bond donors (Lipinski definition) is 1. The lowest BCUT2D eigenvalue weighted by atomic mass is 9.64. The molecule has 7 rings (SSSR count). The van der Waals surface area contributed by atoms with Crippen LogP contribution in [-0.4, -0.2) is 35.7 Å². The maximum absolute atomic E-state index is 13.3. The van der Waals surface area contributed by atoms with E-state index in [9.17, 15) is 19.5 Å². The number of amides is 2. The first kappa shape index (κ1) is 24.0. The van der Waals surface area contributed by atoms with Gasteiger partial charge in [-0.2, -0.15) is 0 Å². The van der Waals surface area contributed by atoms with Crippen molar-refractivity contribution in [3.63, 3.8) is 0 Å². The summed E-state index contributed by atoms with van der Waals surface area (Å²) in [4.78, 5) is 44.3. The topological polar surface area (TPSA) is 96.3 Å². The SMILES string of the molecule is COc1ccc(N2C(=O)c3ccc(C(=O)O)cc3C2=O)cc1C1=Nc2cc(-c3ccccc3)ccc2C2CCC12. The molecule has 40 heavy (non-hydrogen) atoms. The Kier molecular flexibility index (Phi) is 5.42. The molecular weight excluding hydrogens is 504 g/mol. The van der Waals surface area contributed by atoms with Crippen LogP contribution in [0.25, 0.3) is 11.1 Å². The van der Waals surface area contributed by atoms with E-state index in [4.69, 9.17) is 9.73 Å². The zero-order chi connectivity index (χ0) is 27.5. The number of aliphatic imine (C=N–C) groups is 1. The highest BCUT2D eigenvalue weighted by Gasteiger charge is 2.42. The lowest BCUT2D eigenvalue weighted by molar-refractivity contribution is 0.0696. The maximum atomic E-state index is 13.3. The molecule has 1 fully saturated rings. The number of anilines is 1. The van der Waals surface area contributed by atoms with Gasteiger partial charge in [-0.3, -0.25) is 14.6 Å². The molecule has 1 N–H and O–H groups in total. The minimum Gasteiger partial charge on any atom is -0.496 e. The normalized spacial score (nSPS) is 18.8. The Bertz CT molecular complexity index is 1780. The molecule has 3 aliphatic rings. The molecule has 0 radical (unpaired) electrons. The molecule has 2 amide bonds. The third-order valence-corrected chi connectivity index (χ3v) is 8.25. The number of aromatic carboxylic acids is 1. The van der Waals surface area contributed by atoms with Crippen molar-refractivity contribution in [3.05, 3.63) is 113 Å². The van der Waals surface area contributed by atoms with Gasteiger partial charge in [-0.25, -0.2) is 9.69 Å². The molecule has 7 heteroatoms. The second-order valence-corrected chi connectivity index (χ2v) is 10.3. The van der Waals surface area contributed by atoms with Gasteiger partial charge in [0, 0.05) is 11.5 Å². The summed E-state index contributed by atoms with van der Waals surface area (Å²) in [6.07, 6.45) is 2.05. The molecule has 4 aromatic rings. The summed E-state index contributed by atoms with van der Waals surface area (Å²) in [7, 11) is 1.59. The van der Waals surface area contributed by atoms with Crippen LogP contribution in [0.15, 0.2) is 89.9 Å². The number of carbonyl (C=O) groups is 3.